The van der Waals surface area contributed by atoms with E-state index in [9.17, 15) is 14.4 Å². The molecule has 0 aliphatic heterocycles. The van der Waals surface area contributed by atoms with Gasteiger partial charge in [-0.15, -0.1) is 0 Å². The van der Waals surface area contributed by atoms with Crippen LogP contribution in [0.1, 0.15) is 31.1 Å². The Hall–Kier alpha value is -3.55. The van der Waals surface area contributed by atoms with Crippen LogP contribution in [0.25, 0.3) is 0 Å². The average molecular weight is 399 g/mol. The summed E-state index contributed by atoms with van der Waals surface area (Å²) >= 11 is 0. The molecule has 0 aliphatic carbocycles. The minimum absolute atomic E-state index is 0.113. The number of amides is 3. The van der Waals surface area contributed by atoms with Gasteiger partial charge in [0.25, 0.3) is 11.8 Å². The summed E-state index contributed by atoms with van der Waals surface area (Å²) in [6.45, 7) is 5.14. The number of hydrogen-bond donors (Lipinski definition) is 3. The zero-order chi connectivity index (χ0) is 21.4. The normalized spacial score (nSPS) is 11.3. The van der Waals surface area contributed by atoms with Crippen LogP contribution in [0.3, 0.4) is 0 Å². The predicted molar refractivity (Wildman–Crippen MR) is 109 cm³/mol. The molecular formula is C21H25N3O5. The minimum Gasteiger partial charge on any atom is -0.493 e. The number of carbonyl (C=O) groups is 3. The molecule has 2 rings (SSSR count). The summed E-state index contributed by atoms with van der Waals surface area (Å²) in [4.78, 5) is 36.1. The van der Waals surface area contributed by atoms with Gasteiger partial charge in [0.05, 0.1) is 7.11 Å². The summed E-state index contributed by atoms with van der Waals surface area (Å²) in [6, 6.07) is 13.3. The smallest absolute Gasteiger partial charge is 0.279 e. The highest BCUT2D eigenvalue weighted by Crippen LogP contribution is 2.26. The third-order valence-corrected chi connectivity index (χ3v) is 3.98. The molecule has 0 heterocycles. The highest BCUT2D eigenvalue weighted by atomic mass is 16.5. The first-order chi connectivity index (χ1) is 13.8. The first-order valence-electron chi connectivity index (χ1n) is 9.12. The molecule has 8 nitrogen and oxygen atoms in total. The van der Waals surface area contributed by atoms with Gasteiger partial charge < -0.3 is 14.8 Å². The highest BCUT2D eigenvalue weighted by Gasteiger charge is 2.17. The average Bonchev–Trinajstić information content (AvgIpc) is 2.72. The number of hydrogen-bond acceptors (Lipinski definition) is 5. The summed E-state index contributed by atoms with van der Waals surface area (Å²) in [5, 5.41) is 2.74. The van der Waals surface area contributed by atoms with Gasteiger partial charge in [-0.05, 0) is 43.3 Å². The van der Waals surface area contributed by atoms with Crippen LogP contribution in [-0.4, -0.2) is 30.9 Å². The Morgan fingerprint density at radius 1 is 0.828 bits per heavy atom. The first kappa shape index (κ1) is 21.7. The molecule has 3 N–H and O–H groups in total. The van der Waals surface area contributed by atoms with E-state index < -0.39 is 17.9 Å². The van der Waals surface area contributed by atoms with Crippen molar-refractivity contribution in [1.29, 1.82) is 0 Å². The third kappa shape index (κ3) is 6.24. The molecule has 2 aromatic carbocycles. The second-order valence-electron chi connectivity index (χ2n) is 6.58. The van der Waals surface area contributed by atoms with E-state index in [0.717, 1.165) is 0 Å². The monoisotopic (exact) mass is 399 g/mol. The number of nitrogens with one attached hydrogen (secondary N) is 3. The Balaban J connectivity index is 1.87. The van der Waals surface area contributed by atoms with E-state index in [1.807, 2.05) is 0 Å². The van der Waals surface area contributed by atoms with Crippen LogP contribution in [0.5, 0.6) is 11.5 Å². The molecular weight excluding hydrogens is 374 g/mol. The molecule has 0 spiro atoms. The Bertz CT molecular complexity index is 865. The molecule has 0 saturated heterocycles. The van der Waals surface area contributed by atoms with E-state index in [-0.39, 0.29) is 11.8 Å². The maximum absolute atomic E-state index is 12.2. The Labute approximate surface area is 169 Å². The Morgan fingerprint density at radius 2 is 1.45 bits per heavy atom. The van der Waals surface area contributed by atoms with Gasteiger partial charge in [0, 0.05) is 17.2 Å². The van der Waals surface area contributed by atoms with Gasteiger partial charge in [0.1, 0.15) is 0 Å². The lowest BCUT2D eigenvalue weighted by Gasteiger charge is -2.17. The molecule has 0 aromatic heterocycles. The summed E-state index contributed by atoms with van der Waals surface area (Å²) in [5.41, 5.74) is 5.57. The van der Waals surface area contributed by atoms with Gasteiger partial charge >= 0.3 is 0 Å². The fourth-order valence-corrected chi connectivity index (χ4v) is 2.24. The molecule has 0 saturated carbocycles. The summed E-state index contributed by atoms with van der Waals surface area (Å²) in [6.07, 6.45) is -0.861. The lowest BCUT2D eigenvalue weighted by atomic mass is 10.1. The number of hydrazine groups is 1. The summed E-state index contributed by atoms with van der Waals surface area (Å²) in [7, 11) is 1.51. The van der Waals surface area contributed by atoms with Crippen molar-refractivity contribution in [3.63, 3.8) is 0 Å². The molecule has 1 atom stereocenters. The van der Waals surface area contributed by atoms with Crippen LogP contribution >= 0.6 is 0 Å². The topological polar surface area (TPSA) is 106 Å². The number of rotatable bonds is 7. The molecule has 29 heavy (non-hydrogen) atoms. The lowest BCUT2D eigenvalue weighted by molar-refractivity contribution is -0.128. The van der Waals surface area contributed by atoms with E-state index in [1.165, 1.54) is 7.11 Å². The second-order valence-corrected chi connectivity index (χ2v) is 6.58. The van der Waals surface area contributed by atoms with Gasteiger partial charge in [0.2, 0.25) is 5.91 Å². The second kappa shape index (κ2) is 10.1. The molecule has 154 valence electrons. The molecule has 8 heteroatoms. The van der Waals surface area contributed by atoms with Crippen LogP contribution in [0.4, 0.5) is 5.69 Å². The van der Waals surface area contributed by atoms with Crippen molar-refractivity contribution in [3.8, 4) is 11.5 Å². The third-order valence-electron chi connectivity index (χ3n) is 3.98. The summed E-state index contributed by atoms with van der Waals surface area (Å²) in [5.74, 6) is -0.356. The van der Waals surface area contributed by atoms with Crippen molar-refractivity contribution in [2.24, 2.45) is 5.92 Å². The van der Waals surface area contributed by atoms with Crippen molar-refractivity contribution >= 4 is 23.4 Å². The molecule has 0 bridgehead atoms. The van der Waals surface area contributed by atoms with Crippen LogP contribution in [0, 0.1) is 5.92 Å². The maximum Gasteiger partial charge on any atom is 0.279 e. The van der Waals surface area contributed by atoms with Crippen LogP contribution in [-0.2, 0) is 9.59 Å². The number of benzene rings is 2. The number of anilines is 1. The molecule has 3 amide bonds. The standard InChI is InChI=1S/C21H25N3O5/c1-13(2)19(25)22-16-11-9-15(10-12-16)21(27)24-23-20(26)14(3)29-18-8-6-5-7-17(18)28-4/h5-14H,1-4H3,(H,22,25)(H,23,26)(H,24,27). The Morgan fingerprint density at radius 3 is 2.03 bits per heavy atom. The molecule has 0 fully saturated rings. The van der Waals surface area contributed by atoms with Gasteiger partial charge in [0.15, 0.2) is 17.6 Å². The fraction of sp³-hybridized carbons (Fsp3) is 0.286. The van der Waals surface area contributed by atoms with Gasteiger partial charge in [-0.1, -0.05) is 26.0 Å². The SMILES string of the molecule is COc1ccccc1OC(C)C(=O)NNC(=O)c1ccc(NC(=O)C(C)C)cc1. The van der Waals surface area contributed by atoms with Gasteiger partial charge in [-0.3, -0.25) is 25.2 Å². The van der Waals surface area contributed by atoms with Crippen molar-refractivity contribution < 1.29 is 23.9 Å². The first-order valence-corrected chi connectivity index (χ1v) is 9.12. The number of methoxy groups -OCH3 is 1. The number of para-hydroxylation sites is 2. The summed E-state index contributed by atoms with van der Waals surface area (Å²) < 4.78 is 10.8. The molecule has 2 aromatic rings. The van der Waals surface area contributed by atoms with Crippen LogP contribution in [0.15, 0.2) is 48.5 Å². The van der Waals surface area contributed by atoms with Gasteiger partial charge in [-0.25, -0.2) is 0 Å². The Kier molecular flexibility index (Phi) is 7.59. The molecule has 0 radical (unpaired) electrons. The minimum atomic E-state index is -0.861. The largest absolute Gasteiger partial charge is 0.493 e. The fourth-order valence-electron chi connectivity index (χ4n) is 2.24. The predicted octanol–water partition coefficient (Wildman–Crippen LogP) is 2.52. The number of ether oxygens (including phenoxy) is 2. The van der Waals surface area contributed by atoms with E-state index in [2.05, 4.69) is 16.2 Å². The maximum atomic E-state index is 12.2. The van der Waals surface area contributed by atoms with Crippen molar-refractivity contribution in [2.45, 2.75) is 26.9 Å². The van der Waals surface area contributed by atoms with E-state index in [1.54, 1.807) is 69.3 Å². The van der Waals surface area contributed by atoms with E-state index >= 15 is 0 Å². The zero-order valence-corrected chi connectivity index (χ0v) is 16.8. The lowest BCUT2D eigenvalue weighted by Crippen LogP contribution is -2.47. The van der Waals surface area contributed by atoms with Crippen molar-refractivity contribution in [2.75, 3.05) is 12.4 Å². The highest BCUT2D eigenvalue weighted by molar-refractivity contribution is 5.97. The van der Waals surface area contributed by atoms with E-state index in [4.69, 9.17) is 9.47 Å². The molecule has 1 unspecified atom stereocenters. The van der Waals surface area contributed by atoms with Crippen molar-refractivity contribution in [1.82, 2.24) is 10.9 Å². The van der Waals surface area contributed by atoms with Gasteiger partial charge in [-0.2, -0.15) is 0 Å². The quantitative estimate of drug-likeness (QED) is 0.621. The molecule has 0 aliphatic rings. The number of carbonyl (C=O) groups excluding carboxylic acids is 3. The van der Waals surface area contributed by atoms with E-state index in [0.29, 0.717) is 22.7 Å². The van der Waals surface area contributed by atoms with Crippen molar-refractivity contribution in [3.05, 3.63) is 54.1 Å². The van der Waals surface area contributed by atoms with Crippen LogP contribution < -0.4 is 25.6 Å². The van der Waals surface area contributed by atoms with Crippen LogP contribution in [0.2, 0.25) is 0 Å². The zero-order valence-electron chi connectivity index (χ0n) is 16.8.